The van der Waals surface area contributed by atoms with Gasteiger partial charge in [-0.1, -0.05) is 6.07 Å². The Morgan fingerprint density at radius 1 is 1.24 bits per heavy atom. The van der Waals surface area contributed by atoms with Crippen LogP contribution < -0.4 is 20.5 Å². The van der Waals surface area contributed by atoms with Crippen LogP contribution in [-0.4, -0.2) is 39.0 Å². The van der Waals surface area contributed by atoms with Crippen LogP contribution in [0.2, 0.25) is 0 Å². The molecule has 2 aliphatic rings. The van der Waals surface area contributed by atoms with Gasteiger partial charge in [-0.3, -0.25) is 0 Å². The van der Waals surface area contributed by atoms with E-state index < -0.39 is 6.09 Å². The third-order valence-corrected chi connectivity index (χ3v) is 5.23. The van der Waals surface area contributed by atoms with E-state index in [1.807, 2.05) is 22.8 Å². The summed E-state index contributed by atoms with van der Waals surface area (Å²) in [5, 5.41) is 2.76. The van der Waals surface area contributed by atoms with Gasteiger partial charge in [-0.15, -0.1) is 0 Å². The van der Waals surface area contributed by atoms with E-state index in [9.17, 15) is 4.79 Å². The molecule has 1 fully saturated rings. The maximum atomic E-state index is 12.0. The third-order valence-electron chi connectivity index (χ3n) is 5.23. The second-order valence-electron chi connectivity index (χ2n) is 7.22. The Morgan fingerprint density at radius 3 is 3.07 bits per heavy atom. The first-order valence-corrected chi connectivity index (χ1v) is 9.38. The number of hydrogen-bond acceptors (Lipinski definition) is 8. The Kier molecular flexibility index (Phi) is 4.30. The van der Waals surface area contributed by atoms with Crippen molar-refractivity contribution in [2.24, 2.45) is 11.8 Å². The molecule has 29 heavy (non-hydrogen) atoms. The van der Waals surface area contributed by atoms with Gasteiger partial charge in [-0.25, -0.2) is 19.7 Å². The summed E-state index contributed by atoms with van der Waals surface area (Å²) in [4.78, 5) is 24.5. The van der Waals surface area contributed by atoms with Gasteiger partial charge in [0.1, 0.15) is 11.8 Å². The number of alkyl carbamates (subject to hydrolysis) is 1. The summed E-state index contributed by atoms with van der Waals surface area (Å²) in [6.45, 7) is 1.75. The molecule has 5 rings (SSSR count). The van der Waals surface area contributed by atoms with Crippen LogP contribution in [0.15, 0.2) is 30.9 Å². The van der Waals surface area contributed by atoms with Crippen LogP contribution >= 0.6 is 0 Å². The van der Waals surface area contributed by atoms with E-state index in [-0.39, 0.29) is 6.79 Å². The van der Waals surface area contributed by atoms with Gasteiger partial charge in [0.05, 0.1) is 12.9 Å². The number of anilines is 1. The number of hydrogen-bond donors (Lipinski definition) is 2. The van der Waals surface area contributed by atoms with Gasteiger partial charge in [0.15, 0.2) is 23.0 Å². The van der Waals surface area contributed by atoms with Crippen LogP contribution in [-0.2, 0) is 17.8 Å². The second-order valence-corrected chi connectivity index (χ2v) is 7.22. The fraction of sp³-hybridized carbons (Fsp3) is 0.368. The molecule has 0 spiro atoms. The molecule has 2 atom stereocenters. The molecule has 2 aromatic heterocycles. The van der Waals surface area contributed by atoms with Crippen molar-refractivity contribution < 1.29 is 19.0 Å². The molecular formula is C19H20N6O4. The van der Waals surface area contributed by atoms with Crippen LogP contribution in [0.4, 0.5) is 10.6 Å². The molecule has 0 bridgehead atoms. The molecule has 150 valence electrons. The average Bonchev–Trinajstić information content (AvgIpc) is 3.10. The topological polar surface area (TPSA) is 126 Å². The van der Waals surface area contributed by atoms with Crippen molar-refractivity contribution in [1.82, 2.24) is 24.8 Å². The van der Waals surface area contributed by atoms with Crippen molar-refractivity contribution in [1.29, 1.82) is 0 Å². The maximum absolute atomic E-state index is 12.0. The minimum Gasteiger partial charge on any atom is -0.454 e. The summed E-state index contributed by atoms with van der Waals surface area (Å²) >= 11 is 0. The molecule has 1 aromatic carbocycles. The molecule has 3 aromatic rings. The normalized spacial score (nSPS) is 19.3. The molecule has 3 N–H and O–H groups in total. The zero-order valence-electron chi connectivity index (χ0n) is 15.6. The highest BCUT2D eigenvalue weighted by atomic mass is 16.7. The molecule has 10 nitrogen and oxygen atoms in total. The Balaban J connectivity index is 1.07. The lowest BCUT2D eigenvalue weighted by atomic mass is 10.2. The van der Waals surface area contributed by atoms with E-state index in [1.54, 1.807) is 6.33 Å². The van der Waals surface area contributed by atoms with Crippen molar-refractivity contribution in [3.63, 3.8) is 0 Å². The lowest BCUT2D eigenvalue weighted by Gasteiger charge is -2.08. The van der Waals surface area contributed by atoms with E-state index in [0.717, 1.165) is 29.9 Å². The minimum absolute atomic E-state index is 0.228. The number of nitrogen functional groups attached to an aromatic ring is 1. The molecule has 0 saturated heterocycles. The van der Waals surface area contributed by atoms with E-state index in [1.165, 1.54) is 6.33 Å². The fourth-order valence-electron chi connectivity index (χ4n) is 3.48. The zero-order chi connectivity index (χ0) is 19.8. The molecule has 10 heteroatoms. The lowest BCUT2D eigenvalue weighted by molar-refractivity contribution is 0.138. The van der Waals surface area contributed by atoms with Gasteiger partial charge >= 0.3 is 6.09 Å². The largest absolute Gasteiger partial charge is 0.454 e. The number of fused-ring (bicyclic) bond motifs is 2. The summed E-state index contributed by atoms with van der Waals surface area (Å²) in [5.74, 6) is 2.55. The second kappa shape index (κ2) is 7.12. The molecule has 1 saturated carbocycles. The number of nitrogens with two attached hydrogens (primary N) is 1. The number of nitrogens with zero attached hydrogens (tertiary/aromatic N) is 4. The zero-order valence-corrected chi connectivity index (χ0v) is 15.6. The number of ether oxygens (including phenoxy) is 3. The van der Waals surface area contributed by atoms with Gasteiger partial charge in [0.2, 0.25) is 6.79 Å². The van der Waals surface area contributed by atoms with Crippen LogP contribution in [0.5, 0.6) is 11.5 Å². The SMILES string of the molecule is Nc1ncnc2c1ncn2CC1CC1COC(=O)NCc1ccc2c(c1)OCO2. The van der Waals surface area contributed by atoms with Gasteiger partial charge < -0.3 is 29.8 Å². The first-order valence-electron chi connectivity index (χ1n) is 9.38. The Labute approximate surface area is 166 Å². The minimum atomic E-state index is -0.429. The van der Waals surface area contributed by atoms with Gasteiger partial charge in [0.25, 0.3) is 0 Å². The predicted octanol–water partition coefficient (Wildman–Crippen LogP) is 1.70. The number of carbonyl (C=O) groups excluding carboxylic acids is 1. The number of nitrogens with one attached hydrogen (secondary N) is 1. The number of benzene rings is 1. The van der Waals surface area contributed by atoms with Crippen molar-refractivity contribution >= 4 is 23.1 Å². The van der Waals surface area contributed by atoms with Gasteiger partial charge in [-0.2, -0.15) is 0 Å². The van der Waals surface area contributed by atoms with Crippen LogP contribution in [0.25, 0.3) is 11.2 Å². The third kappa shape index (κ3) is 3.60. The average molecular weight is 396 g/mol. The first-order chi connectivity index (χ1) is 14.2. The number of carbonyl (C=O) groups is 1. The highest BCUT2D eigenvalue weighted by molar-refractivity contribution is 5.81. The summed E-state index contributed by atoms with van der Waals surface area (Å²) < 4.78 is 17.9. The molecule has 3 heterocycles. The van der Waals surface area contributed by atoms with E-state index in [0.29, 0.717) is 42.1 Å². The maximum Gasteiger partial charge on any atom is 0.407 e. The van der Waals surface area contributed by atoms with Crippen LogP contribution in [0, 0.1) is 11.8 Å². The first kappa shape index (κ1) is 17.5. The van der Waals surface area contributed by atoms with Crippen LogP contribution in [0.1, 0.15) is 12.0 Å². The summed E-state index contributed by atoms with van der Waals surface area (Å²) in [7, 11) is 0. The Bertz CT molecular complexity index is 1070. The molecular weight excluding hydrogens is 376 g/mol. The van der Waals surface area contributed by atoms with Crippen molar-refractivity contribution in [3.05, 3.63) is 36.4 Å². The van der Waals surface area contributed by atoms with E-state index in [2.05, 4.69) is 20.3 Å². The Hall–Kier alpha value is -3.56. The fourth-order valence-corrected chi connectivity index (χ4v) is 3.48. The molecule has 0 radical (unpaired) electrons. The number of aromatic nitrogens is 4. The van der Waals surface area contributed by atoms with Crippen LogP contribution in [0.3, 0.4) is 0 Å². The standard InChI is InChI=1S/C19H20N6O4/c20-17-16-18(23-8-22-17)25(9-24-16)6-12-4-13(12)7-27-19(26)21-5-11-1-2-14-15(3-11)29-10-28-14/h1-3,8-9,12-13H,4-7,10H2,(H,21,26)(H2,20,22,23). The highest BCUT2D eigenvalue weighted by Gasteiger charge is 2.38. The monoisotopic (exact) mass is 396 g/mol. The van der Waals surface area contributed by atoms with E-state index in [4.69, 9.17) is 19.9 Å². The van der Waals surface area contributed by atoms with Crippen molar-refractivity contribution in [3.8, 4) is 11.5 Å². The molecule has 1 amide bonds. The lowest BCUT2D eigenvalue weighted by Crippen LogP contribution is -2.24. The summed E-state index contributed by atoms with van der Waals surface area (Å²) in [6, 6.07) is 5.57. The number of imidazole rings is 1. The molecule has 1 aliphatic heterocycles. The smallest absolute Gasteiger partial charge is 0.407 e. The predicted molar refractivity (Wildman–Crippen MR) is 102 cm³/mol. The quantitative estimate of drug-likeness (QED) is 0.645. The summed E-state index contributed by atoms with van der Waals surface area (Å²) in [6.07, 6.45) is 3.73. The van der Waals surface area contributed by atoms with E-state index >= 15 is 0 Å². The number of amides is 1. The van der Waals surface area contributed by atoms with Gasteiger partial charge in [-0.05, 0) is 36.0 Å². The van der Waals surface area contributed by atoms with Crippen molar-refractivity contribution in [2.75, 3.05) is 19.1 Å². The highest BCUT2D eigenvalue weighted by Crippen LogP contribution is 2.40. The number of rotatable bonds is 6. The van der Waals surface area contributed by atoms with Crippen molar-refractivity contribution in [2.45, 2.75) is 19.5 Å². The molecule has 2 unspecified atom stereocenters. The van der Waals surface area contributed by atoms with Gasteiger partial charge in [0, 0.05) is 13.1 Å². The summed E-state index contributed by atoms with van der Waals surface area (Å²) in [5.41, 5.74) is 8.08. The Morgan fingerprint density at radius 2 is 2.14 bits per heavy atom. The molecule has 1 aliphatic carbocycles.